The van der Waals surface area contributed by atoms with Gasteiger partial charge in [0.1, 0.15) is 11.0 Å². The molecule has 6 nitrogen and oxygen atoms in total. The molecule has 0 unspecified atom stereocenters. The zero-order valence-corrected chi connectivity index (χ0v) is 27.3. The van der Waals surface area contributed by atoms with E-state index in [2.05, 4.69) is 101 Å². The van der Waals surface area contributed by atoms with Crippen molar-refractivity contribution in [2.24, 2.45) is 0 Å². The van der Waals surface area contributed by atoms with Crippen LogP contribution in [0.2, 0.25) is 0 Å². The molecule has 0 saturated carbocycles. The zero-order chi connectivity index (χ0) is 33.0. The van der Waals surface area contributed by atoms with E-state index < -0.39 is 0 Å². The number of para-hydroxylation sites is 4. The van der Waals surface area contributed by atoms with Gasteiger partial charge in [0.05, 0.1) is 5.69 Å². The van der Waals surface area contributed by atoms with Gasteiger partial charge < -0.3 is 13.7 Å². The van der Waals surface area contributed by atoms with Crippen LogP contribution in [0.1, 0.15) is 0 Å². The minimum atomic E-state index is 0.601. The molecule has 0 saturated heterocycles. The van der Waals surface area contributed by atoms with E-state index >= 15 is 0 Å². The Kier molecular flexibility index (Phi) is 6.57. The van der Waals surface area contributed by atoms with E-state index in [1.165, 1.54) is 20.2 Å². The maximum Gasteiger partial charge on any atom is 0.227 e. The van der Waals surface area contributed by atoms with Crippen molar-refractivity contribution in [1.29, 1.82) is 0 Å². The molecule has 0 aliphatic rings. The fourth-order valence-corrected chi connectivity index (χ4v) is 7.72. The molecule has 0 N–H and O–H groups in total. The molecule has 0 bridgehead atoms. The quantitative estimate of drug-likeness (QED) is 0.176. The van der Waals surface area contributed by atoms with E-state index in [1.807, 2.05) is 66.9 Å². The SMILES string of the molecule is c1ccc(-c2ccc3c(c2)sc2cc(N(c4ccc(-c5nc6ccccc6o5)cc4)c4ccc(-c5nc6ccccc6o5)cc4)ccc23)nc1. The predicted octanol–water partition coefficient (Wildman–Crippen LogP) is 12.2. The lowest BCUT2D eigenvalue weighted by Crippen LogP contribution is -2.09. The molecule has 0 aliphatic carbocycles. The number of hydrogen-bond acceptors (Lipinski definition) is 7. The molecule has 0 aliphatic heterocycles. The Hall–Kier alpha value is -6.57. The van der Waals surface area contributed by atoms with Crippen LogP contribution in [0.15, 0.2) is 167 Å². The molecule has 7 heteroatoms. The van der Waals surface area contributed by atoms with Crippen LogP contribution in [0.4, 0.5) is 17.1 Å². The topological polar surface area (TPSA) is 68.2 Å². The van der Waals surface area contributed by atoms with Crippen molar-refractivity contribution >= 4 is 70.8 Å². The third-order valence-electron chi connectivity index (χ3n) is 9.01. The van der Waals surface area contributed by atoms with Crippen LogP contribution in [0.25, 0.3) is 76.5 Å². The van der Waals surface area contributed by atoms with Crippen LogP contribution in [0, 0.1) is 0 Å². The lowest BCUT2D eigenvalue weighted by atomic mass is 10.1. The van der Waals surface area contributed by atoms with Gasteiger partial charge in [-0.2, -0.15) is 0 Å². The Morgan fingerprint density at radius 2 is 0.980 bits per heavy atom. The van der Waals surface area contributed by atoms with E-state index in [0.29, 0.717) is 11.8 Å². The minimum Gasteiger partial charge on any atom is -0.436 e. The first-order valence-corrected chi connectivity index (χ1v) is 17.2. The summed E-state index contributed by atoms with van der Waals surface area (Å²) in [6, 6.07) is 51.8. The molecule has 4 heterocycles. The van der Waals surface area contributed by atoms with Crippen molar-refractivity contribution in [3.05, 3.63) is 158 Å². The monoisotopic (exact) mass is 662 g/mol. The predicted molar refractivity (Wildman–Crippen MR) is 203 cm³/mol. The first-order valence-electron chi connectivity index (χ1n) is 16.3. The van der Waals surface area contributed by atoms with Gasteiger partial charge in [-0.05, 0) is 103 Å². The number of oxazole rings is 2. The fraction of sp³-hybridized carbons (Fsp3) is 0. The number of aromatic nitrogens is 3. The molecule has 0 atom stereocenters. The molecular formula is C43H26N4O2S. The number of fused-ring (bicyclic) bond motifs is 5. The number of benzene rings is 6. The summed E-state index contributed by atoms with van der Waals surface area (Å²) in [5.74, 6) is 1.20. The van der Waals surface area contributed by atoms with Gasteiger partial charge in [-0.25, -0.2) is 9.97 Å². The summed E-state index contributed by atoms with van der Waals surface area (Å²) in [7, 11) is 0. The highest BCUT2D eigenvalue weighted by atomic mass is 32.1. The van der Waals surface area contributed by atoms with Crippen LogP contribution in [0.3, 0.4) is 0 Å². The van der Waals surface area contributed by atoms with Crippen LogP contribution in [0.5, 0.6) is 0 Å². The number of rotatable bonds is 6. The van der Waals surface area contributed by atoms with Crippen molar-refractivity contribution in [2.75, 3.05) is 4.90 Å². The second-order valence-electron chi connectivity index (χ2n) is 12.1. The molecule has 0 fully saturated rings. The van der Waals surface area contributed by atoms with E-state index in [0.717, 1.165) is 61.6 Å². The van der Waals surface area contributed by atoms with Gasteiger partial charge in [-0.1, -0.05) is 48.5 Å². The second kappa shape index (κ2) is 11.5. The lowest BCUT2D eigenvalue weighted by Gasteiger charge is -2.26. The van der Waals surface area contributed by atoms with Crippen molar-refractivity contribution in [3.8, 4) is 34.2 Å². The smallest absolute Gasteiger partial charge is 0.227 e. The molecule has 50 heavy (non-hydrogen) atoms. The molecule has 236 valence electrons. The third kappa shape index (κ3) is 4.91. The molecule has 4 aromatic heterocycles. The van der Waals surface area contributed by atoms with E-state index in [1.54, 1.807) is 11.3 Å². The normalized spacial score (nSPS) is 11.6. The average Bonchev–Trinajstić information content (AvgIpc) is 3.91. The summed E-state index contributed by atoms with van der Waals surface area (Å²) in [5.41, 5.74) is 10.2. The Balaban J connectivity index is 1.06. The molecule has 0 radical (unpaired) electrons. The minimum absolute atomic E-state index is 0.601. The summed E-state index contributed by atoms with van der Waals surface area (Å²) >= 11 is 1.80. The largest absolute Gasteiger partial charge is 0.436 e. The van der Waals surface area contributed by atoms with Gasteiger partial charge in [-0.15, -0.1) is 11.3 Å². The van der Waals surface area contributed by atoms with Gasteiger partial charge >= 0.3 is 0 Å². The molecule has 0 spiro atoms. The van der Waals surface area contributed by atoms with Crippen molar-refractivity contribution in [3.63, 3.8) is 0 Å². The van der Waals surface area contributed by atoms with Gasteiger partial charge in [-0.3, -0.25) is 4.98 Å². The first-order chi connectivity index (χ1) is 24.7. The van der Waals surface area contributed by atoms with E-state index in [9.17, 15) is 0 Å². The van der Waals surface area contributed by atoms with E-state index in [-0.39, 0.29) is 0 Å². The van der Waals surface area contributed by atoms with Crippen molar-refractivity contribution < 1.29 is 8.83 Å². The summed E-state index contributed by atoms with van der Waals surface area (Å²) in [6.07, 6.45) is 1.84. The third-order valence-corrected chi connectivity index (χ3v) is 10.1. The van der Waals surface area contributed by atoms with Gasteiger partial charge in [0.15, 0.2) is 11.2 Å². The summed E-state index contributed by atoms with van der Waals surface area (Å²) < 4.78 is 14.6. The van der Waals surface area contributed by atoms with Crippen LogP contribution < -0.4 is 4.90 Å². The highest BCUT2D eigenvalue weighted by Gasteiger charge is 2.17. The molecule has 10 aromatic rings. The van der Waals surface area contributed by atoms with Gasteiger partial charge in [0.2, 0.25) is 11.8 Å². The number of anilines is 3. The molecule has 10 rings (SSSR count). The van der Waals surface area contributed by atoms with E-state index in [4.69, 9.17) is 18.8 Å². The number of thiophene rings is 1. The summed E-state index contributed by atoms with van der Waals surface area (Å²) in [4.78, 5) is 16.3. The summed E-state index contributed by atoms with van der Waals surface area (Å²) in [5, 5.41) is 2.48. The van der Waals surface area contributed by atoms with Crippen molar-refractivity contribution in [2.45, 2.75) is 0 Å². The number of nitrogens with zero attached hydrogens (tertiary/aromatic N) is 4. The molecule has 6 aromatic carbocycles. The van der Waals surface area contributed by atoms with Crippen LogP contribution in [-0.4, -0.2) is 15.0 Å². The Morgan fingerprint density at radius 3 is 1.56 bits per heavy atom. The highest BCUT2D eigenvalue weighted by molar-refractivity contribution is 7.25. The Bertz CT molecular complexity index is 2640. The highest BCUT2D eigenvalue weighted by Crippen LogP contribution is 2.42. The lowest BCUT2D eigenvalue weighted by molar-refractivity contribution is 0.619. The first kappa shape index (κ1) is 28.4. The van der Waals surface area contributed by atoms with Crippen molar-refractivity contribution in [1.82, 2.24) is 15.0 Å². The molecule has 0 amide bonds. The standard InChI is InChI=1S/C43H26N4O2S/c1-3-10-38-36(8-1)45-42(48-38)27-12-17-30(18-13-27)47(31-19-14-28(15-20-31)43-46-37-9-2-4-11-39(37)49-43)32-21-23-34-33-22-16-29(35-7-5-6-24-44-35)25-40(33)50-41(34)26-32/h1-26H. The van der Waals surface area contributed by atoms with Gasteiger partial charge in [0, 0.05) is 60.1 Å². The van der Waals surface area contributed by atoms with Crippen LogP contribution in [-0.2, 0) is 0 Å². The van der Waals surface area contributed by atoms with Gasteiger partial charge in [0.25, 0.3) is 0 Å². The average molecular weight is 663 g/mol. The fourth-order valence-electron chi connectivity index (χ4n) is 6.54. The number of hydrogen-bond donors (Lipinski definition) is 0. The Labute approximate surface area is 290 Å². The maximum absolute atomic E-state index is 6.07. The zero-order valence-electron chi connectivity index (χ0n) is 26.5. The maximum atomic E-state index is 6.07. The number of pyridine rings is 1. The summed E-state index contributed by atoms with van der Waals surface area (Å²) in [6.45, 7) is 0. The Morgan fingerprint density at radius 1 is 0.460 bits per heavy atom. The second-order valence-corrected chi connectivity index (χ2v) is 13.2. The molecular weight excluding hydrogens is 637 g/mol. The van der Waals surface area contributed by atoms with Crippen LogP contribution >= 0.6 is 11.3 Å².